The van der Waals surface area contributed by atoms with Crippen molar-refractivity contribution in [3.05, 3.63) is 17.8 Å². The Morgan fingerprint density at radius 1 is 1.61 bits per heavy atom. The van der Waals surface area contributed by atoms with Crippen molar-refractivity contribution >= 4 is 29.2 Å². The van der Waals surface area contributed by atoms with Crippen LogP contribution in [-0.2, 0) is 0 Å². The third-order valence-corrected chi connectivity index (χ3v) is 3.53. The summed E-state index contributed by atoms with van der Waals surface area (Å²) in [7, 11) is 1.91. The van der Waals surface area contributed by atoms with Gasteiger partial charge in [-0.1, -0.05) is 0 Å². The number of carbonyl (C=O) groups excluding carboxylic acids is 1. The highest BCUT2D eigenvalue weighted by atomic mass is 32.2. The Balaban J connectivity index is 2.97. The summed E-state index contributed by atoms with van der Waals surface area (Å²) in [5.74, 6) is 1.14. The standard InChI is InChI=1S/C12H20N4OS/c1-8(4-5-18-3)16(2)12-10(11(14)17)6-9(13)7-15-12/h6-8H,4-5,13H2,1-3H3,(H2,14,17). The summed E-state index contributed by atoms with van der Waals surface area (Å²) in [6.45, 7) is 2.10. The Morgan fingerprint density at radius 2 is 2.28 bits per heavy atom. The molecule has 0 aliphatic carbocycles. The molecule has 5 nitrogen and oxygen atoms in total. The second-order valence-corrected chi connectivity index (χ2v) is 5.23. The Morgan fingerprint density at radius 3 is 2.83 bits per heavy atom. The van der Waals surface area contributed by atoms with Gasteiger partial charge in [0.1, 0.15) is 5.82 Å². The van der Waals surface area contributed by atoms with Crippen LogP contribution in [0.1, 0.15) is 23.7 Å². The molecule has 6 heteroatoms. The lowest BCUT2D eigenvalue weighted by molar-refractivity contribution is 0.100. The lowest BCUT2D eigenvalue weighted by Gasteiger charge is -2.27. The normalized spacial score (nSPS) is 12.2. The molecule has 1 aromatic heterocycles. The molecule has 1 amide bonds. The van der Waals surface area contributed by atoms with E-state index in [0.29, 0.717) is 17.1 Å². The first kappa shape index (κ1) is 14.6. The van der Waals surface area contributed by atoms with Gasteiger partial charge in [0, 0.05) is 13.1 Å². The highest BCUT2D eigenvalue weighted by Gasteiger charge is 2.17. The number of aromatic nitrogens is 1. The molecule has 1 rings (SSSR count). The number of nitrogens with two attached hydrogens (primary N) is 2. The Bertz CT molecular complexity index is 425. The molecule has 1 heterocycles. The highest BCUT2D eigenvalue weighted by Crippen LogP contribution is 2.21. The van der Waals surface area contributed by atoms with Gasteiger partial charge in [-0.2, -0.15) is 11.8 Å². The van der Waals surface area contributed by atoms with Gasteiger partial charge in [0.05, 0.1) is 17.4 Å². The SMILES string of the molecule is CSCCC(C)N(C)c1ncc(N)cc1C(N)=O. The minimum Gasteiger partial charge on any atom is -0.397 e. The van der Waals surface area contributed by atoms with Crippen molar-refractivity contribution in [3.63, 3.8) is 0 Å². The smallest absolute Gasteiger partial charge is 0.252 e. The van der Waals surface area contributed by atoms with Crippen LogP contribution in [0.15, 0.2) is 12.3 Å². The summed E-state index contributed by atoms with van der Waals surface area (Å²) in [5.41, 5.74) is 11.8. The number of pyridine rings is 1. The lowest BCUT2D eigenvalue weighted by Crippen LogP contribution is -2.32. The van der Waals surface area contributed by atoms with E-state index < -0.39 is 5.91 Å². The monoisotopic (exact) mass is 268 g/mol. The van der Waals surface area contributed by atoms with E-state index >= 15 is 0 Å². The maximum absolute atomic E-state index is 11.4. The maximum Gasteiger partial charge on any atom is 0.252 e. The van der Waals surface area contributed by atoms with Crippen LogP contribution in [0.4, 0.5) is 11.5 Å². The zero-order valence-corrected chi connectivity index (χ0v) is 11.8. The van der Waals surface area contributed by atoms with Gasteiger partial charge in [0.15, 0.2) is 0 Å². The van der Waals surface area contributed by atoms with Crippen LogP contribution < -0.4 is 16.4 Å². The molecule has 4 N–H and O–H groups in total. The summed E-state index contributed by atoms with van der Waals surface area (Å²) in [6.07, 6.45) is 4.63. The Kier molecular flexibility index (Phi) is 5.27. The van der Waals surface area contributed by atoms with E-state index in [1.165, 1.54) is 0 Å². The zero-order valence-electron chi connectivity index (χ0n) is 11.0. The summed E-state index contributed by atoms with van der Waals surface area (Å²) in [6, 6.07) is 1.86. The van der Waals surface area contributed by atoms with Crippen molar-refractivity contribution in [3.8, 4) is 0 Å². The molecule has 18 heavy (non-hydrogen) atoms. The predicted octanol–water partition coefficient (Wildman–Crippen LogP) is 1.34. The van der Waals surface area contributed by atoms with Gasteiger partial charge < -0.3 is 16.4 Å². The summed E-state index contributed by atoms with van der Waals surface area (Å²) < 4.78 is 0. The number of amides is 1. The van der Waals surface area contributed by atoms with Crippen molar-refractivity contribution in [2.24, 2.45) is 5.73 Å². The van der Waals surface area contributed by atoms with Gasteiger partial charge >= 0.3 is 0 Å². The molecule has 0 saturated heterocycles. The highest BCUT2D eigenvalue weighted by molar-refractivity contribution is 7.98. The number of hydrogen-bond donors (Lipinski definition) is 2. The Labute approximate surface area is 112 Å². The van der Waals surface area contributed by atoms with Crippen LogP contribution in [-0.4, -0.2) is 36.0 Å². The molecule has 0 saturated carbocycles. The molecule has 0 radical (unpaired) electrons. The van der Waals surface area contributed by atoms with E-state index in [2.05, 4.69) is 18.2 Å². The molecule has 1 atom stereocenters. The van der Waals surface area contributed by atoms with Gasteiger partial charge in [0.2, 0.25) is 0 Å². The number of nitrogen functional groups attached to an aromatic ring is 1. The summed E-state index contributed by atoms with van der Waals surface area (Å²) >= 11 is 1.80. The van der Waals surface area contributed by atoms with Gasteiger partial charge in [-0.05, 0) is 31.4 Å². The van der Waals surface area contributed by atoms with Crippen LogP contribution in [0.5, 0.6) is 0 Å². The van der Waals surface area contributed by atoms with Crippen LogP contribution in [0.25, 0.3) is 0 Å². The number of nitrogens with zero attached hydrogens (tertiary/aromatic N) is 2. The quantitative estimate of drug-likeness (QED) is 0.813. The van der Waals surface area contributed by atoms with Gasteiger partial charge in [-0.25, -0.2) is 4.98 Å². The largest absolute Gasteiger partial charge is 0.397 e. The average Bonchev–Trinajstić information content (AvgIpc) is 2.34. The predicted molar refractivity (Wildman–Crippen MR) is 78.0 cm³/mol. The van der Waals surface area contributed by atoms with Crippen molar-refractivity contribution in [2.45, 2.75) is 19.4 Å². The minimum atomic E-state index is -0.506. The van der Waals surface area contributed by atoms with Crippen LogP contribution in [0, 0.1) is 0 Å². The van der Waals surface area contributed by atoms with Crippen molar-refractivity contribution in [2.75, 3.05) is 29.7 Å². The van der Waals surface area contributed by atoms with E-state index in [4.69, 9.17) is 11.5 Å². The molecule has 0 spiro atoms. The third kappa shape index (κ3) is 3.53. The van der Waals surface area contributed by atoms with E-state index in [1.54, 1.807) is 24.0 Å². The summed E-state index contributed by atoms with van der Waals surface area (Å²) in [5, 5.41) is 0. The number of thioether (sulfide) groups is 1. The second-order valence-electron chi connectivity index (χ2n) is 4.25. The first-order valence-electron chi connectivity index (χ1n) is 5.74. The topological polar surface area (TPSA) is 85.2 Å². The maximum atomic E-state index is 11.4. The third-order valence-electron chi connectivity index (χ3n) is 2.89. The number of rotatable bonds is 6. The number of primary amides is 1. The molecule has 1 aromatic rings. The first-order valence-corrected chi connectivity index (χ1v) is 7.13. The first-order chi connectivity index (χ1) is 8.47. The molecule has 100 valence electrons. The van der Waals surface area contributed by atoms with Crippen LogP contribution in [0.2, 0.25) is 0 Å². The number of carbonyl (C=O) groups is 1. The van der Waals surface area contributed by atoms with Crippen molar-refractivity contribution in [1.29, 1.82) is 0 Å². The van der Waals surface area contributed by atoms with Gasteiger partial charge in [-0.3, -0.25) is 4.79 Å². The minimum absolute atomic E-state index is 0.284. The van der Waals surface area contributed by atoms with Crippen molar-refractivity contribution in [1.82, 2.24) is 4.98 Å². The van der Waals surface area contributed by atoms with Crippen LogP contribution in [0.3, 0.4) is 0 Å². The van der Waals surface area contributed by atoms with Gasteiger partial charge in [0.25, 0.3) is 5.91 Å². The zero-order chi connectivity index (χ0) is 13.7. The number of hydrogen-bond acceptors (Lipinski definition) is 5. The van der Waals surface area contributed by atoms with Gasteiger partial charge in [-0.15, -0.1) is 0 Å². The van der Waals surface area contributed by atoms with Crippen LogP contribution >= 0.6 is 11.8 Å². The fraction of sp³-hybridized carbons (Fsp3) is 0.500. The van der Waals surface area contributed by atoms with E-state index in [9.17, 15) is 4.79 Å². The second kappa shape index (κ2) is 6.49. The molecular weight excluding hydrogens is 248 g/mol. The lowest BCUT2D eigenvalue weighted by atomic mass is 10.1. The molecule has 0 aliphatic rings. The molecule has 0 bridgehead atoms. The fourth-order valence-electron chi connectivity index (χ4n) is 1.63. The number of anilines is 2. The molecular formula is C12H20N4OS. The molecule has 0 aliphatic heterocycles. The average molecular weight is 268 g/mol. The molecule has 0 fully saturated rings. The Hall–Kier alpha value is -1.43. The fourth-order valence-corrected chi connectivity index (χ4v) is 2.20. The molecule has 1 unspecified atom stereocenters. The van der Waals surface area contributed by atoms with E-state index in [-0.39, 0.29) is 6.04 Å². The molecule has 0 aromatic carbocycles. The van der Waals surface area contributed by atoms with Crippen molar-refractivity contribution < 1.29 is 4.79 Å². The van der Waals surface area contributed by atoms with E-state index in [0.717, 1.165) is 12.2 Å². The summed E-state index contributed by atoms with van der Waals surface area (Å²) in [4.78, 5) is 17.6. The van der Waals surface area contributed by atoms with E-state index in [1.807, 2.05) is 11.9 Å².